The maximum atomic E-state index is 12.2. The van der Waals surface area contributed by atoms with Gasteiger partial charge < -0.3 is 15.1 Å². The number of benzene rings is 2. The van der Waals surface area contributed by atoms with Gasteiger partial charge in [-0.1, -0.05) is 47.5 Å². The lowest BCUT2D eigenvalue weighted by atomic mass is 10.1. The Labute approximate surface area is 162 Å². The summed E-state index contributed by atoms with van der Waals surface area (Å²) in [7, 11) is 0. The molecule has 0 unspecified atom stereocenters. The normalized spacial score (nSPS) is 13.5. The monoisotopic (exact) mass is 390 g/mol. The Hall–Kier alpha value is -2.01. The van der Waals surface area contributed by atoms with Gasteiger partial charge in [-0.15, -0.1) is 0 Å². The van der Waals surface area contributed by atoms with E-state index >= 15 is 0 Å². The highest BCUT2D eigenvalue weighted by atomic mass is 35.5. The van der Waals surface area contributed by atoms with Crippen molar-refractivity contribution in [2.75, 3.05) is 6.54 Å². The lowest BCUT2D eigenvalue weighted by Gasteiger charge is -2.16. The molecular weight excluding hydrogens is 371 g/mol. The van der Waals surface area contributed by atoms with Crippen LogP contribution in [0.5, 0.6) is 0 Å². The topological polar surface area (TPSA) is 54.3 Å². The highest BCUT2D eigenvalue weighted by Crippen LogP contribution is 2.26. The summed E-state index contributed by atoms with van der Waals surface area (Å²) in [5.74, 6) is 0.627. The molecule has 0 fully saturated rings. The summed E-state index contributed by atoms with van der Waals surface area (Å²) >= 11 is 12.0. The standard InChI is InChI=1S/C20H20Cl2N2O2/c1-12(14-7-8-16(21)17(22)9-14)23-11-20(25)24-13(2)19-10-15-5-3-4-6-18(15)26-19/h3-10,12-13,23H,11H2,1-2H3,(H,24,25)/t12-,13+/m1/s1. The Kier molecular flexibility index (Phi) is 5.87. The molecule has 0 bridgehead atoms. The van der Waals surface area contributed by atoms with E-state index in [0.29, 0.717) is 10.0 Å². The van der Waals surface area contributed by atoms with Gasteiger partial charge in [0.05, 0.1) is 22.6 Å². The SMILES string of the molecule is C[C@H](NC(=O)CN[C@H](C)c1ccc(Cl)c(Cl)c1)c1cc2ccccc2o1. The lowest BCUT2D eigenvalue weighted by Crippen LogP contribution is -2.36. The second-order valence-corrected chi connectivity index (χ2v) is 7.07. The number of carbonyl (C=O) groups is 1. The maximum absolute atomic E-state index is 12.2. The Bertz CT molecular complexity index is 890. The largest absolute Gasteiger partial charge is 0.459 e. The third kappa shape index (κ3) is 4.39. The van der Waals surface area contributed by atoms with Crippen LogP contribution in [0.4, 0.5) is 0 Å². The van der Waals surface area contributed by atoms with E-state index < -0.39 is 0 Å². The van der Waals surface area contributed by atoms with Gasteiger partial charge in [0.2, 0.25) is 5.91 Å². The van der Waals surface area contributed by atoms with Gasteiger partial charge in [0.1, 0.15) is 11.3 Å². The van der Waals surface area contributed by atoms with Gasteiger partial charge in [0.25, 0.3) is 0 Å². The van der Waals surface area contributed by atoms with E-state index in [1.807, 2.05) is 50.2 Å². The first-order chi connectivity index (χ1) is 12.4. The number of para-hydroxylation sites is 1. The Morgan fingerprint density at radius 3 is 2.54 bits per heavy atom. The first-order valence-electron chi connectivity index (χ1n) is 8.40. The first-order valence-corrected chi connectivity index (χ1v) is 9.16. The van der Waals surface area contributed by atoms with Gasteiger partial charge in [0.15, 0.2) is 0 Å². The van der Waals surface area contributed by atoms with Crippen molar-refractivity contribution < 1.29 is 9.21 Å². The van der Waals surface area contributed by atoms with Gasteiger partial charge in [-0.25, -0.2) is 0 Å². The average Bonchev–Trinajstić information content (AvgIpc) is 3.06. The molecule has 0 spiro atoms. The zero-order chi connectivity index (χ0) is 18.7. The van der Waals surface area contributed by atoms with Gasteiger partial charge in [0, 0.05) is 11.4 Å². The second-order valence-electron chi connectivity index (χ2n) is 6.25. The van der Waals surface area contributed by atoms with Crippen molar-refractivity contribution in [3.05, 3.63) is 69.9 Å². The minimum atomic E-state index is -0.211. The van der Waals surface area contributed by atoms with Crippen LogP contribution in [0, 0.1) is 0 Å². The lowest BCUT2D eigenvalue weighted by molar-refractivity contribution is -0.121. The van der Waals surface area contributed by atoms with E-state index in [9.17, 15) is 4.79 Å². The van der Waals surface area contributed by atoms with Crippen LogP contribution in [0.25, 0.3) is 11.0 Å². The van der Waals surface area contributed by atoms with Crippen molar-refractivity contribution in [1.82, 2.24) is 10.6 Å². The molecule has 0 saturated carbocycles. The number of rotatable bonds is 6. The molecule has 0 radical (unpaired) electrons. The summed E-state index contributed by atoms with van der Waals surface area (Å²) in [6, 6.07) is 14.9. The Balaban J connectivity index is 1.55. The van der Waals surface area contributed by atoms with Crippen molar-refractivity contribution in [2.45, 2.75) is 25.9 Å². The van der Waals surface area contributed by atoms with E-state index in [2.05, 4.69) is 10.6 Å². The average molecular weight is 391 g/mol. The molecule has 26 heavy (non-hydrogen) atoms. The minimum absolute atomic E-state index is 0.0305. The fourth-order valence-corrected chi connectivity index (χ4v) is 3.03. The van der Waals surface area contributed by atoms with Gasteiger partial charge in [-0.3, -0.25) is 4.79 Å². The van der Waals surface area contributed by atoms with Crippen molar-refractivity contribution in [3.63, 3.8) is 0 Å². The molecule has 0 aliphatic carbocycles. The summed E-state index contributed by atoms with van der Waals surface area (Å²) in [6.07, 6.45) is 0. The van der Waals surface area contributed by atoms with Crippen LogP contribution in [-0.2, 0) is 4.79 Å². The van der Waals surface area contributed by atoms with E-state index in [4.69, 9.17) is 27.6 Å². The maximum Gasteiger partial charge on any atom is 0.234 e. The number of carbonyl (C=O) groups excluding carboxylic acids is 1. The van der Waals surface area contributed by atoms with Crippen LogP contribution in [-0.4, -0.2) is 12.5 Å². The number of hydrogen-bond acceptors (Lipinski definition) is 3. The third-order valence-electron chi connectivity index (χ3n) is 4.26. The molecule has 4 nitrogen and oxygen atoms in total. The number of hydrogen-bond donors (Lipinski definition) is 2. The third-order valence-corrected chi connectivity index (χ3v) is 5.00. The molecule has 6 heteroatoms. The molecule has 136 valence electrons. The van der Waals surface area contributed by atoms with Crippen LogP contribution in [0.2, 0.25) is 10.0 Å². The summed E-state index contributed by atoms with van der Waals surface area (Å²) in [6.45, 7) is 4.06. The summed E-state index contributed by atoms with van der Waals surface area (Å²) < 4.78 is 5.79. The molecule has 2 aromatic carbocycles. The Morgan fingerprint density at radius 1 is 1.04 bits per heavy atom. The molecule has 1 amide bonds. The van der Waals surface area contributed by atoms with Crippen molar-refractivity contribution in [3.8, 4) is 0 Å². The molecule has 2 atom stereocenters. The van der Waals surface area contributed by atoms with Crippen molar-refractivity contribution >= 4 is 40.1 Å². The van der Waals surface area contributed by atoms with Crippen LogP contribution in [0.1, 0.15) is 37.3 Å². The van der Waals surface area contributed by atoms with Crippen LogP contribution < -0.4 is 10.6 Å². The molecule has 0 aliphatic heterocycles. The summed E-state index contributed by atoms with van der Waals surface area (Å²) in [4.78, 5) is 12.2. The first kappa shape index (κ1) is 18.8. The predicted molar refractivity (Wildman–Crippen MR) is 106 cm³/mol. The van der Waals surface area contributed by atoms with Crippen molar-refractivity contribution in [1.29, 1.82) is 0 Å². The van der Waals surface area contributed by atoms with Gasteiger partial charge in [-0.05, 0) is 43.7 Å². The van der Waals surface area contributed by atoms with Crippen LogP contribution >= 0.6 is 23.2 Å². The quantitative estimate of drug-likeness (QED) is 0.602. The molecule has 1 aromatic heterocycles. The molecule has 3 aromatic rings. The molecule has 2 N–H and O–H groups in total. The highest BCUT2D eigenvalue weighted by Gasteiger charge is 2.15. The molecule has 1 heterocycles. The van der Waals surface area contributed by atoms with Gasteiger partial charge >= 0.3 is 0 Å². The molecule has 3 rings (SSSR count). The number of amides is 1. The number of halogens is 2. The zero-order valence-corrected chi connectivity index (χ0v) is 16.1. The van der Waals surface area contributed by atoms with Gasteiger partial charge in [-0.2, -0.15) is 0 Å². The molecule has 0 saturated heterocycles. The van der Waals surface area contributed by atoms with E-state index in [1.54, 1.807) is 12.1 Å². The highest BCUT2D eigenvalue weighted by molar-refractivity contribution is 6.42. The fourth-order valence-electron chi connectivity index (χ4n) is 2.72. The minimum Gasteiger partial charge on any atom is -0.459 e. The predicted octanol–water partition coefficient (Wildman–Crippen LogP) is 5.27. The number of nitrogens with one attached hydrogen (secondary N) is 2. The zero-order valence-electron chi connectivity index (χ0n) is 14.6. The molecule has 0 aliphatic rings. The van der Waals surface area contributed by atoms with E-state index in [0.717, 1.165) is 22.3 Å². The summed E-state index contributed by atoms with van der Waals surface area (Å²) in [5.41, 5.74) is 1.78. The fraction of sp³-hybridized carbons (Fsp3) is 0.250. The molecular formula is C20H20Cl2N2O2. The second kappa shape index (κ2) is 8.12. The number of fused-ring (bicyclic) bond motifs is 1. The van der Waals surface area contributed by atoms with Crippen LogP contribution in [0.15, 0.2) is 52.9 Å². The Morgan fingerprint density at radius 2 is 1.81 bits per heavy atom. The van der Waals surface area contributed by atoms with E-state index in [-0.39, 0.29) is 24.5 Å². The van der Waals surface area contributed by atoms with E-state index in [1.165, 1.54) is 0 Å². The van der Waals surface area contributed by atoms with Crippen molar-refractivity contribution in [2.24, 2.45) is 0 Å². The smallest absolute Gasteiger partial charge is 0.234 e. The van der Waals surface area contributed by atoms with Crippen LogP contribution in [0.3, 0.4) is 0 Å². The summed E-state index contributed by atoms with van der Waals surface area (Å²) in [5, 5.41) is 8.16. The number of furan rings is 1.